The van der Waals surface area contributed by atoms with Crippen molar-refractivity contribution in [2.45, 2.75) is 10.1 Å². The summed E-state index contributed by atoms with van der Waals surface area (Å²) < 4.78 is 29.6. The van der Waals surface area contributed by atoms with E-state index in [1.807, 2.05) is 6.07 Å². The lowest BCUT2D eigenvalue weighted by molar-refractivity contribution is -0.116. The van der Waals surface area contributed by atoms with Crippen LogP contribution in [-0.4, -0.2) is 17.7 Å². The maximum atomic E-state index is 14.5. The predicted molar refractivity (Wildman–Crippen MR) is 181 cm³/mol. The summed E-state index contributed by atoms with van der Waals surface area (Å²) >= 11 is 4.43. The van der Waals surface area contributed by atoms with Gasteiger partial charge in [-0.3, -0.25) is 14.4 Å². The Morgan fingerprint density at radius 2 is 1.41 bits per heavy atom. The van der Waals surface area contributed by atoms with Crippen LogP contribution in [0.5, 0.6) is 0 Å². The average molecular weight is 699 g/mol. The van der Waals surface area contributed by atoms with Crippen LogP contribution in [0.1, 0.15) is 26.7 Å². The molecular formula is C36H26BrF2N3O3S. The molecule has 0 saturated heterocycles. The van der Waals surface area contributed by atoms with E-state index in [0.717, 1.165) is 0 Å². The molecule has 0 saturated carbocycles. The Balaban J connectivity index is 1.38. The van der Waals surface area contributed by atoms with E-state index in [1.54, 1.807) is 91.0 Å². The lowest BCUT2D eigenvalue weighted by atomic mass is 10.1. The topological polar surface area (TPSA) is 87.3 Å². The van der Waals surface area contributed by atoms with Crippen LogP contribution in [0.4, 0.5) is 20.2 Å². The Morgan fingerprint density at radius 1 is 0.717 bits per heavy atom. The Labute approximate surface area is 277 Å². The molecule has 0 aliphatic heterocycles. The van der Waals surface area contributed by atoms with Gasteiger partial charge in [-0.1, -0.05) is 88.7 Å². The van der Waals surface area contributed by atoms with E-state index in [0.29, 0.717) is 26.2 Å². The molecule has 0 aliphatic carbocycles. The number of carbonyl (C=O) groups excluding carboxylic acids is 3. The van der Waals surface area contributed by atoms with Crippen LogP contribution in [0.3, 0.4) is 0 Å². The maximum Gasteiger partial charge on any atom is 0.272 e. The van der Waals surface area contributed by atoms with Gasteiger partial charge in [-0.2, -0.15) is 0 Å². The minimum Gasteiger partial charge on any atom is -0.322 e. The van der Waals surface area contributed by atoms with E-state index < -0.39 is 34.6 Å². The molecule has 10 heteroatoms. The summed E-state index contributed by atoms with van der Waals surface area (Å²) in [6, 6.07) is 34.4. The highest BCUT2D eigenvalue weighted by molar-refractivity contribution is 9.10. The fourth-order valence-electron chi connectivity index (χ4n) is 4.36. The van der Waals surface area contributed by atoms with Crippen molar-refractivity contribution in [3.05, 3.63) is 166 Å². The molecule has 230 valence electrons. The molecule has 0 bridgehead atoms. The van der Waals surface area contributed by atoms with Crippen LogP contribution in [0.15, 0.2) is 142 Å². The van der Waals surface area contributed by atoms with Crippen molar-refractivity contribution >= 4 is 62.9 Å². The number of halogens is 3. The van der Waals surface area contributed by atoms with Crippen LogP contribution >= 0.6 is 27.7 Å². The molecule has 6 nitrogen and oxygen atoms in total. The van der Waals surface area contributed by atoms with Gasteiger partial charge < -0.3 is 16.0 Å². The molecule has 5 aromatic carbocycles. The van der Waals surface area contributed by atoms with Gasteiger partial charge in [-0.25, -0.2) is 8.78 Å². The smallest absolute Gasteiger partial charge is 0.272 e. The van der Waals surface area contributed by atoms with Gasteiger partial charge in [0.25, 0.3) is 11.8 Å². The van der Waals surface area contributed by atoms with E-state index in [9.17, 15) is 23.2 Å². The maximum absolute atomic E-state index is 14.5. The highest BCUT2D eigenvalue weighted by atomic mass is 79.9. The quantitative estimate of drug-likeness (QED) is 0.101. The molecule has 0 aromatic heterocycles. The summed E-state index contributed by atoms with van der Waals surface area (Å²) in [4.78, 5) is 40.5. The normalized spacial score (nSPS) is 11.8. The van der Waals surface area contributed by atoms with E-state index in [4.69, 9.17) is 0 Å². The first-order valence-corrected chi connectivity index (χ1v) is 15.7. The molecule has 0 heterocycles. The number of anilines is 2. The molecule has 0 spiro atoms. The third-order valence-corrected chi connectivity index (χ3v) is 8.35. The molecule has 5 rings (SSSR count). The monoisotopic (exact) mass is 697 g/mol. The van der Waals surface area contributed by atoms with Gasteiger partial charge >= 0.3 is 0 Å². The average Bonchev–Trinajstić information content (AvgIpc) is 3.06. The first-order chi connectivity index (χ1) is 22.3. The van der Waals surface area contributed by atoms with E-state index in [-0.39, 0.29) is 16.9 Å². The number of rotatable bonds is 10. The first-order valence-electron chi connectivity index (χ1n) is 14.0. The second kappa shape index (κ2) is 15.3. The molecular weight excluding hydrogens is 672 g/mol. The van der Waals surface area contributed by atoms with Gasteiger partial charge in [0.05, 0.1) is 5.69 Å². The van der Waals surface area contributed by atoms with Crippen LogP contribution in [0.2, 0.25) is 0 Å². The Bertz CT molecular complexity index is 1910. The van der Waals surface area contributed by atoms with E-state index >= 15 is 0 Å². The van der Waals surface area contributed by atoms with Gasteiger partial charge in [0, 0.05) is 26.2 Å². The summed E-state index contributed by atoms with van der Waals surface area (Å²) in [5.74, 6) is -2.80. The summed E-state index contributed by atoms with van der Waals surface area (Å²) in [7, 11) is 0. The SMILES string of the molecule is O=C(Nc1cccc(SC(C(=O)Nc2ccc(Br)cc2F)c2ccccc2)c1)/C(=C/c1ccccc1F)NC(=O)c1ccccc1. The molecule has 1 atom stereocenters. The van der Waals surface area contributed by atoms with Gasteiger partial charge in [-0.15, -0.1) is 11.8 Å². The fraction of sp³-hybridized carbons (Fsp3) is 0.0278. The van der Waals surface area contributed by atoms with Crippen LogP contribution in [0, 0.1) is 11.6 Å². The van der Waals surface area contributed by atoms with Crippen molar-refractivity contribution in [3.63, 3.8) is 0 Å². The lowest BCUT2D eigenvalue weighted by Crippen LogP contribution is -2.30. The molecule has 0 aliphatic rings. The predicted octanol–water partition coefficient (Wildman–Crippen LogP) is 8.61. The number of amides is 3. The number of carbonyl (C=O) groups is 3. The zero-order valence-electron chi connectivity index (χ0n) is 24.0. The Morgan fingerprint density at radius 3 is 2.13 bits per heavy atom. The summed E-state index contributed by atoms with van der Waals surface area (Å²) in [5, 5.41) is 7.26. The van der Waals surface area contributed by atoms with Crippen molar-refractivity contribution in [1.29, 1.82) is 0 Å². The van der Waals surface area contributed by atoms with E-state index in [1.165, 1.54) is 48.2 Å². The third kappa shape index (κ3) is 8.56. The number of hydrogen-bond donors (Lipinski definition) is 3. The second-order valence-electron chi connectivity index (χ2n) is 9.90. The summed E-state index contributed by atoms with van der Waals surface area (Å²) in [6.07, 6.45) is 1.27. The first kappa shape index (κ1) is 32.3. The van der Waals surface area contributed by atoms with Crippen molar-refractivity contribution in [2.24, 2.45) is 0 Å². The zero-order chi connectivity index (χ0) is 32.5. The highest BCUT2D eigenvalue weighted by Gasteiger charge is 2.24. The molecule has 46 heavy (non-hydrogen) atoms. The summed E-state index contributed by atoms with van der Waals surface area (Å²) in [5.41, 5.74) is 1.37. The van der Waals surface area contributed by atoms with Crippen LogP contribution in [-0.2, 0) is 9.59 Å². The number of nitrogens with one attached hydrogen (secondary N) is 3. The fourth-order valence-corrected chi connectivity index (χ4v) is 5.78. The minimum atomic E-state index is -0.767. The van der Waals surface area contributed by atoms with Gasteiger partial charge in [0.1, 0.15) is 22.6 Å². The highest BCUT2D eigenvalue weighted by Crippen LogP contribution is 2.37. The van der Waals surface area contributed by atoms with Gasteiger partial charge in [0.15, 0.2) is 0 Å². The molecule has 3 N–H and O–H groups in total. The van der Waals surface area contributed by atoms with Crippen molar-refractivity contribution < 1.29 is 23.2 Å². The lowest BCUT2D eigenvalue weighted by Gasteiger charge is -2.18. The van der Waals surface area contributed by atoms with Gasteiger partial charge in [0.2, 0.25) is 5.91 Å². The minimum absolute atomic E-state index is 0.0439. The second-order valence-corrected chi connectivity index (χ2v) is 12.0. The molecule has 0 radical (unpaired) electrons. The van der Waals surface area contributed by atoms with Crippen molar-refractivity contribution in [2.75, 3.05) is 10.6 Å². The zero-order valence-corrected chi connectivity index (χ0v) is 26.4. The standard InChI is InChI=1S/C36H26BrF2N3O3S/c37-26-18-19-31(30(39)21-26)41-36(45)33(23-10-3-1-4-11-23)46-28-16-9-15-27(22-28)40-35(44)32(20-25-14-7-8-17-29(25)38)42-34(43)24-12-5-2-6-13-24/h1-22,33H,(H,40,44)(H,41,45)(H,42,43)/b32-20-. The van der Waals surface area contributed by atoms with Crippen molar-refractivity contribution in [3.8, 4) is 0 Å². The summed E-state index contributed by atoms with van der Waals surface area (Å²) in [6.45, 7) is 0. The van der Waals surface area contributed by atoms with Crippen LogP contribution < -0.4 is 16.0 Å². The molecule has 5 aromatic rings. The largest absolute Gasteiger partial charge is 0.322 e. The number of thioether (sulfide) groups is 1. The van der Waals surface area contributed by atoms with Crippen LogP contribution in [0.25, 0.3) is 6.08 Å². The molecule has 1 unspecified atom stereocenters. The Hall–Kier alpha value is -5.06. The van der Waals surface area contributed by atoms with Crippen molar-refractivity contribution in [1.82, 2.24) is 5.32 Å². The number of benzene rings is 5. The molecule has 3 amide bonds. The third-order valence-electron chi connectivity index (χ3n) is 6.61. The number of hydrogen-bond acceptors (Lipinski definition) is 4. The van der Waals surface area contributed by atoms with E-state index in [2.05, 4.69) is 31.9 Å². The molecule has 0 fully saturated rings. The Kier molecular flexibility index (Phi) is 10.7. The van der Waals surface area contributed by atoms with Gasteiger partial charge in [-0.05, 0) is 66.2 Å².